The number of rotatable bonds is 8. The molecule has 0 saturated heterocycles. The molecule has 5 heteroatoms. The number of sulfonamides is 1. The second-order valence-electron chi connectivity index (χ2n) is 5.89. The minimum Gasteiger partial charge on any atom is -0.312 e. The summed E-state index contributed by atoms with van der Waals surface area (Å²) in [6, 6.07) is 22.9. The van der Waals surface area contributed by atoms with Crippen molar-refractivity contribution in [1.82, 2.24) is 10.0 Å². The lowest BCUT2D eigenvalue weighted by atomic mass is 10.1. The Hall–Kier alpha value is -2.47. The van der Waals surface area contributed by atoms with Gasteiger partial charge >= 0.3 is 0 Å². The first-order valence-electron chi connectivity index (χ1n) is 8.56. The van der Waals surface area contributed by atoms with Gasteiger partial charge in [0.15, 0.2) is 0 Å². The van der Waals surface area contributed by atoms with Gasteiger partial charge in [-0.2, -0.15) is 0 Å². The van der Waals surface area contributed by atoms with Gasteiger partial charge < -0.3 is 5.32 Å². The molecule has 0 unspecified atom stereocenters. The van der Waals surface area contributed by atoms with Gasteiger partial charge in [0.1, 0.15) is 0 Å². The Balaban J connectivity index is 1.50. The number of benzene rings is 3. The number of fused-ring (bicyclic) bond motifs is 1. The van der Waals surface area contributed by atoms with E-state index in [4.69, 9.17) is 0 Å². The first-order chi connectivity index (χ1) is 12.7. The van der Waals surface area contributed by atoms with Crippen LogP contribution in [0.3, 0.4) is 0 Å². The molecule has 0 bridgehead atoms. The van der Waals surface area contributed by atoms with Crippen molar-refractivity contribution >= 4 is 26.9 Å². The fourth-order valence-electron chi connectivity index (χ4n) is 2.73. The summed E-state index contributed by atoms with van der Waals surface area (Å²) in [5.74, 6) is 0. The van der Waals surface area contributed by atoms with Crippen molar-refractivity contribution < 1.29 is 8.42 Å². The molecule has 0 aliphatic heterocycles. The second kappa shape index (κ2) is 8.76. The molecule has 0 fully saturated rings. The van der Waals surface area contributed by atoms with Gasteiger partial charge in [-0.05, 0) is 17.0 Å². The third-order valence-corrected chi connectivity index (χ3v) is 5.52. The minimum atomic E-state index is -3.53. The molecule has 0 saturated carbocycles. The highest BCUT2D eigenvalue weighted by atomic mass is 32.2. The van der Waals surface area contributed by atoms with E-state index in [1.54, 1.807) is 12.1 Å². The van der Waals surface area contributed by atoms with Gasteiger partial charge in [-0.15, -0.1) is 0 Å². The van der Waals surface area contributed by atoms with Gasteiger partial charge in [-0.1, -0.05) is 78.9 Å². The predicted octanol–water partition coefficient (Wildman–Crippen LogP) is 3.42. The largest absolute Gasteiger partial charge is 0.312 e. The lowest BCUT2D eigenvalue weighted by molar-refractivity contribution is 0.579. The molecule has 3 aromatic carbocycles. The molecule has 2 N–H and O–H groups in total. The summed E-state index contributed by atoms with van der Waals surface area (Å²) < 4.78 is 27.8. The van der Waals surface area contributed by atoms with Crippen LogP contribution in [0, 0.1) is 0 Å². The molecular weight excluding hydrogens is 344 g/mol. The topological polar surface area (TPSA) is 58.2 Å². The average Bonchev–Trinajstić information content (AvgIpc) is 2.67. The van der Waals surface area contributed by atoms with E-state index < -0.39 is 10.0 Å². The standard InChI is InChI=1S/C21H22N2O2S/c24-26(25,21-14-6-12-19-11-4-5-13-20(19)21)23-17-16-22-15-7-10-18-8-2-1-3-9-18/h1-14,22-23H,15-17H2. The van der Waals surface area contributed by atoms with E-state index >= 15 is 0 Å². The zero-order valence-electron chi connectivity index (χ0n) is 14.4. The van der Waals surface area contributed by atoms with Crippen LogP contribution in [0.15, 0.2) is 83.8 Å². The summed E-state index contributed by atoms with van der Waals surface area (Å²) in [5.41, 5.74) is 1.14. The van der Waals surface area contributed by atoms with E-state index in [0.29, 0.717) is 24.5 Å². The molecular formula is C21H22N2O2S. The third-order valence-electron chi connectivity index (χ3n) is 4.01. The predicted molar refractivity (Wildman–Crippen MR) is 107 cm³/mol. The van der Waals surface area contributed by atoms with Gasteiger partial charge in [0.05, 0.1) is 4.90 Å². The van der Waals surface area contributed by atoms with Gasteiger partial charge in [0.25, 0.3) is 0 Å². The number of hydrogen-bond acceptors (Lipinski definition) is 3. The molecule has 0 aliphatic rings. The van der Waals surface area contributed by atoms with Gasteiger partial charge in [0.2, 0.25) is 10.0 Å². The van der Waals surface area contributed by atoms with Crippen LogP contribution in [0.1, 0.15) is 5.56 Å². The molecule has 0 heterocycles. The average molecular weight is 366 g/mol. The van der Waals surface area contributed by atoms with Crippen molar-refractivity contribution in [1.29, 1.82) is 0 Å². The highest BCUT2D eigenvalue weighted by molar-refractivity contribution is 7.89. The Morgan fingerprint density at radius 1 is 0.808 bits per heavy atom. The van der Waals surface area contributed by atoms with E-state index in [1.165, 1.54) is 0 Å². The minimum absolute atomic E-state index is 0.319. The van der Waals surface area contributed by atoms with Crippen molar-refractivity contribution in [2.75, 3.05) is 19.6 Å². The molecule has 0 atom stereocenters. The lowest BCUT2D eigenvalue weighted by Gasteiger charge is -2.09. The maximum absolute atomic E-state index is 12.6. The van der Waals surface area contributed by atoms with E-state index in [9.17, 15) is 8.42 Å². The first kappa shape index (κ1) is 18.3. The molecule has 0 spiro atoms. The van der Waals surface area contributed by atoms with Crippen LogP contribution in [-0.2, 0) is 10.0 Å². The molecule has 3 rings (SSSR count). The summed E-state index contributed by atoms with van der Waals surface area (Å²) in [5, 5.41) is 4.86. The van der Waals surface area contributed by atoms with Crippen molar-refractivity contribution in [3.8, 4) is 0 Å². The van der Waals surface area contributed by atoms with Gasteiger partial charge in [0, 0.05) is 25.0 Å². The third kappa shape index (κ3) is 4.79. The fourth-order valence-corrected chi connectivity index (χ4v) is 3.99. The molecule has 0 radical (unpaired) electrons. The Morgan fingerprint density at radius 3 is 2.38 bits per heavy atom. The summed E-state index contributed by atoms with van der Waals surface area (Å²) >= 11 is 0. The maximum atomic E-state index is 12.6. The summed E-state index contributed by atoms with van der Waals surface area (Å²) in [7, 11) is -3.53. The number of hydrogen-bond donors (Lipinski definition) is 2. The molecule has 3 aromatic rings. The second-order valence-corrected chi connectivity index (χ2v) is 7.63. The van der Waals surface area contributed by atoms with Crippen LogP contribution in [-0.4, -0.2) is 28.1 Å². The molecule has 26 heavy (non-hydrogen) atoms. The van der Waals surface area contributed by atoms with Crippen LogP contribution in [0.25, 0.3) is 16.8 Å². The Morgan fingerprint density at radius 2 is 1.54 bits per heavy atom. The van der Waals surface area contributed by atoms with Crippen LogP contribution in [0.2, 0.25) is 0 Å². The number of nitrogens with one attached hydrogen (secondary N) is 2. The van der Waals surface area contributed by atoms with Crippen LogP contribution >= 0.6 is 0 Å². The maximum Gasteiger partial charge on any atom is 0.241 e. The van der Waals surface area contributed by atoms with E-state index in [-0.39, 0.29) is 0 Å². The lowest BCUT2D eigenvalue weighted by Crippen LogP contribution is -2.32. The monoisotopic (exact) mass is 366 g/mol. The highest BCUT2D eigenvalue weighted by Gasteiger charge is 2.15. The first-order valence-corrected chi connectivity index (χ1v) is 10.0. The van der Waals surface area contributed by atoms with E-state index in [1.807, 2.05) is 72.8 Å². The van der Waals surface area contributed by atoms with E-state index in [2.05, 4.69) is 10.0 Å². The van der Waals surface area contributed by atoms with Crippen LogP contribution in [0.4, 0.5) is 0 Å². The molecule has 134 valence electrons. The van der Waals surface area contributed by atoms with Crippen molar-refractivity contribution in [3.05, 3.63) is 84.4 Å². The quantitative estimate of drug-likeness (QED) is 0.601. The SMILES string of the molecule is O=S(=O)(NCCNCC=Cc1ccccc1)c1cccc2ccccc12. The Labute approximate surface area is 154 Å². The summed E-state index contributed by atoms with van der Waals surface area (Å²) in [6.45, 7) is 1.58. The molecule has 0 aromatic heterocycles. The van der Waals surface area contributed by atoms with Crippen molar-refractivity contribution in [2.45, 2.75) is 4.90 Å². The zero-order valence-corrected chi connectivity index (χ0v) is 15.2. The Bertz CT molecular complexity index is 978. The van der Waals surface area contributed by atoms with Crippen LogP contribution < -0.4 is 10.0 Å². The van der Waals surface area contributed by atoms with Crippen molar-refractivity contribution in [2.24, 2.45) is 0 Å². The normalized spacial score (nSPS) is 12.0. The van der Waals surface area contributed by atoms with Crippen molar-refractivity contribution in [3.63, 3.8) is 0 Å². The molecule has 0 aliphatic carbocycles. The van der Waals surface area contributed by atoms with Gasteiger partial charge in [-0.3, -0.25) is 0 Å². The van der Waals surface area contributed by atoms with Crippen LogP contribution in [0.5, 0.6) is 0 Å². The smallest absolute Gasteiger partial charge is 0.241 e. The zero-order chi connectivity index (χ0) is 18.2. The Kier molecular flexibility index (Phi) is 6.17. The van der Waals surface area contributed by atoms with E-state index in [0.717, 1.165) is 16.3 Å². The fraction of sp³-hybridized carbons (Fsp3) is 0.143. The molecule has 4 nitrogen and oxygen atoms in total. The van der Waals surface area contributed by atoms with Gasteiger partial charge in [-0.25, -0.2) is 13.1 Å². The molecule has 0 amide bonds. The summed E-state index contributed by atoms with van der Waals surface area (Å²) in [4.78, 5) is 0.319. The highest BCUT2D eigenvalue weighted by Crippen LogP contribution is 2.22. The summed E-state index contributed by atoms with van der Waals surface area (Å²) in [6.07, 6.45) is 4.06.